The number of nitrogens with zero attached hydrogens (tertiary/aromatic N) is 3. The van der Waals surface area contributed by atoms with Crippen LogP contribution in [0.3, 0.4) is 0 Å². The van der Waals surface area contributed by atoms with Gasteiger partial charge in [-0.2, -0.15) is 0 Å². The van der Waals surface area contributed by atoms with Gasteiger partial charge in [0.2, 0.25) is 11.0 Å². The summed E-state index contributed by atoms with van der Waals surface area (Å²) >= 11 is 4.91. The van der Waals surface area contributed by atoms with E-state index in [1.54, 1.807) is 11.3 Å². The number of benzene rings is 1. The Bertz CT molecular complexity index is 806. The SMILES string of the molecule is CC1CCN(C(=O)CSc2nnc(NC3CCCCC3)s2)c2ccccc2S1. The number of anilines is 2. The number of hydrogen-bond acceptors (Lipinski definition) is 7. The number of nitrogens with one attached hydrogen (secondary N) is 1. The van der Waals surface area contributed by atoms with Crippen molar-refractivity contribution in [3.63, 3.8) is 0 Å². The maximum absolute atomic E-state index is 13.0. The largest absolute Gasteiger partial charge is 0.357 e. The van der Waals surface area contributed by atoms with E-state index in [4.69, 9.17) is 0 Å². The summed E-state index contributed by atoms with van der Waals surface area (Å²) in [7, 11) is 0. The van der Waals surface area contributed by atoms with Gasteiger partial charge in [0, 0.05) is 22.7 Å². The number of carbonyl (C=O) groups excluding carboxylic acids is 1. The third-order valence-corrected chi connectivity index (χ3v) is 8.41. The Labute approximate surface area is 179 Å². The molecule has 0 bridgehead atoms. The molecule has 0 saturated heterocycles. The summed E-state index contributed by atoms with van der Waals surface area (Å²) in [4.78, 5) is 16.1. The van der Waals surface area contributed by atoms with Crippen molar-refractivity contribution in [2.24, 2.45) is 0 Å². The van der Waals surface area contributed by atoms with E-state index in [0.717, 1.165) is 28.1 Å². The maximum atomic E-state index is 13.0. The molecule has 5 nitrogen and oxygen atoms in total. The van der Waals surface area contributed by atoms with Gasteiger partial charge in [-0.15, -0.1) is 22.0 Å². The molecule has 4 rings (SSSR count). The van der Waals surface area contributed by atoms with E-state index < -0.39 is 0 Å². The van der Waals surface area contributed by atoms with Gasteiger partial charge >= 0.3 is 0 Å². The van der Waals surface area contributed by atoms with Crippen LogP contribution in [-0.4, -0.2) is 39.7 Å². The first kappa shape index (κ1) is 20.0. The number of amides is 1. The van der Waals surface area contributed by atoms with Crippen LogP contribution in [0, 0.1) is 0 Å². The van der Waals surface area contributed by atoms with Gasteiger partial charge in [-0.05, 0) is 31.4 Å². The first-order valence-corrected chi connectivity index (χ1v) is 12.7. The van der Waals surface area contributed by atoms with Crippen molar-refractivity contribution in [2.45, 2.75) is 66.0 Å². The summed E-state index contributed by atoms with van der Waals surface area (Å²) in [5.41, 5.74) is 1.04. The number of aromatic nitrogens is 2. The fourth-order valence-electron chi connectivity index (χ4n) is 3.70. The molecule has 0 radical (unpaired) electrons. The van der Waals surface area contributed by atoms with E-state index >= 15 is 0 Å². The zero-order valence-corrected chi connectivity index (χ0v) is 18.5. The van der Waals surface area contributed by atoms with Gasteiger partial charge < -0.3 is 10.2 Å². The van der Waals surface area contributed by atoms with E-state index in [1.165, 1.54) is 48.8 Å². The van der Waals surface area contributed by atoms with E-state index in [2.05, 4.69) is 34.6 Å². The Hall–Kier alpha value is -1.25. The third-order valence-electron chi connectivity index (χ3n) is 5.20. The van der Waals surface area contributed by atoms with Gasteiger partial charge in [0.15, 0.2) is 4.34 Å². The van der Waals surface area contributed by atoms with Gasteiger partial charge in [0.1, 0.15) is 0 Å². The van der Waals surface area contributed by atoms with Crippen LogP contribution in [0.15, 0.2) is 33.5 Å². The summed E-state index contributed by atoms with van der Waals surface area (Å²) in [5, 5.41) is 13.4. The summed E-state index contributed by atoms with van der Waals surface area (Å²) in [5.74, 6) is 0.537. The van der Waals surface area contributed by atoms with E-state index in [-0.39, 0.29) is 5.91 Å². The predicted octanol–water partition coefficient (Wildman–Crippen LogP) is 5.29. The first-order valence-electron chi connectivity index (χ1n) is 9.98. The fraction of sp³-hybridized carbons (Fsp3) is 0.550. The monoisotopic (exact) mass is 434 g/mol. The summed E-state index contributed by atoms with van der Waals surface area (Å²) < 4.78 is 0.859. The molecule has 2 heterocycles. The van der Waals surface area contributed by atoms with Crippen LogP contribution in [0.25, 0.3) is 0 Å². The molecule has 1 aliphatic carbocycles. The lowest BCUT2D eigenvalue weighted by Crippen LogP contribution is -2.33. The minimum Gasteiger partial charge on any atom is -0.357 e. The summed E-state index contributed by atoms with van der Waals surface area (Å²) in [6.07, 6.45) is 7.36. The minimum absolute atomic E-state index is 0.143. The smallest absolute Gasteiger partial charge is 0.237 e. The average molecular weight is 435 g/mol. The third kappa shape index (κ3) is 5.02. The van der Waals surface area contributed by atoms with Gasteiger partial charge in [0.25, 0.3) is 0 Å². The summed E-state index contributed by atoms with van der Waals surface area (Å²) in [6.45, 7) is 3.00. The number of para-hydroxylation sites is 1. The quantitative estimate of drug-likeness (QED) is 0.645. The second-order valence-corrected chi connectivity index (χ2v) is 11.1. The van der Waals surface area contributed by atoms with Crippen LogP contribution in [0.4, 0.5) is 10.8 Å². The van der Waals surface area contributed by atoms with E-state index in [1.807, 2.05) is 28.8 Å². The molecule has 150 valence electrons. The molecule has 1 N–H and O–H groups in total. The maximum Gasteiger partial charge on any atom is 0.237 e. The lowest BCUT2D eigenvalue weighted by Gasteiger charge is -2.22. The Balaban J connectivity index is 1.35. The molecule has 1 atom stereocenters. The molecule has 1 aliphatic heterocycles. The first-order chi connectivity index (χ1) is 13.7. The number of rotatable bonds is 5. The van der Waals surface area contributed by atoms with Crippen molar-refractivity contribution in [1.82, 2.24) is 10.2 Å². The fourth-order valence-corrected chi connectivity index (χ4v) is 6.51. The molecular formula is C20H26N4OS3. The van der Waals surface area contributed by atoms with E-state index in [0.29, 0.717) is 17.0 Å². The highest BCUT2D eigenvalue weighted by atomic mass is 32.2. The average Bonchev–Trinajstić information content (AvgIpc) is 3.08. The number of thioether (sulfide) groups is 2. The van der Waals surface area contributed by atoms with Crippen LogP contribution < -0.4 is 10.2 Å². The second kappa shape index (κ2) is 9.50. The Kier molecular flexibility index (Phi) is 6.80. The standard InChI is InChI=1S/C20H26N4OS3/c1-14-11-12-24(16-9-5-6-10-17(16)27-14)18(25)13-26-20-23-22-19(28-20)21-15-7-3-2-4-8-15/h5-6,9-10,14-15H,2-4,7-8,11-13H2,1H3,(H,21,22). The molecule has 1 amide bonds. The lowest BCUT2D eigenvalue weighted by molar-refractivity contribution is -0.116. The molecule has 1 aromatic heterocycles. The van der Waals surface area contributed by atoms with Crippen molar-refractivity contribution in [2.75, 3.05) is 22.5 Å². The molecule has 8 heteroatoms. The Morgan fingerprint density at radius 3 is 2.89 bits per heavy atom. The highest BCUT2D eigenvalue weighted by Crippen LogP contribution is 2.38. The highest BCUT2D eigenvalue weighted by Gasteiger charge is 2.24. The second-order valence-electron chi connectivity index (χ2n) is 7.37. The van der Waals surface area contributed by atoms with Crippen molar-refractivity contribution < 1.29 is 4.79 Å². The van der Waals surface area contributed by atoms with Gasteiger partial charge in [-0.1, -0.05) is 61.4 Å². The van der Waals surface area contributed by atoms with Gasteiger partial charge in [-0.25, -0.2) is 0 Å². The molecule has 1 fully saturated rings. The van der Waals surface area contributed by atoms with Crippen LogP contribution >= 0.6 is 34.9 Å². The van der Waals surface area contributed by atoms with Gasteiger partial charge in [-0.3, -0.25) is 4.79 Å². The number of hydrogen-bond donors (Lipinski definition) is 1. The van der Waals surface area contributed by atoms with Crippen LogP contribution in [0.2, 0.25) is 0 Å². The molecular weight excluding hydrogens is 408 g/mol. The highest BCUT2D eigenvalue weighted by molar-refractivity contribution is 8.01. The van der Waals surface area contributed by atoms with Crippen molar-refractivity contribution in [3.8, 4) is 0 Å². The molecule has 0 spiro atoms. The number of fused-ring (bicyclic) bond motifs is 1. The van der Waals surface area contributed by atoms with E-state index in [9.17, 15) is 4.79 Å². The topological polar surface area (TPSA) is 58.1 Å². The Morgan fingerprint density at radius 1 is 1.21 bits per heavy atom. The van der Waals surface area contributed by atoms with Crippen molar-refractivity contribution in [1.29, 1.82) is 0 Å². The molecule has 1 aromatic carbocycles. The summed E-state index contributed by atoms with van der Waals surface area (Å²) in [6, 6.07) is 8.75. The molecule has 28 heavy (non-hydrogen) atoms. The molecule has 2 aromatic rings. The van der Waals surface area contributed by atoms with Crippen molar-refractivity contribution >= 4 is 51.6 Å². The Morgan fingerprint density at radius 2 is 2.04 bits per heavy atom. The molecule has 1 unspecified atom stereocenters. The number of carbonyl (C=O) groups is 1. The zero-order valence-electron chi connectivity index (χ0n) is 16.1. The van der Waals surface area contributed by atoms with Crippen LogP contribution in [0.1, 0.15) is 45.4 Å². The predicted molar refractivity (Wildman–Crippen MR) is 120 cm³/mol. The normalized spacial score (nSPS) is 20.5. The van der Waals surface area contributed by atoms with Crippen LogP contribution in [-0.2, 0) is 4.79 Å². The lowest BCUT2D eigenvalue weighted by atomic mass is 9.96. The minimum atomic E-state index is 0.143. The zero-order chi connectivity index (χ0) is 19.3. The van der Waals surface area contributed by atoms with Crippen LogP contribution in [0.5, 0.6) is 0 Å². The van der Waals surface area contributed by atoms with Crippen molar-refractivity contribution in [3.05, 3.63) is 24.3 Å². The van der Waals surface area contributed by atoms with Gasteiger partial charge in [0.05, 0.1) is 11.4 Å². The molecule has 1 saturated carbocycles. The molecule has 2 aliphatic rings.